The number of nitrogens with one attached hydrogen (secondary N) is 1. The molecule has 0 radical (unpaired) electrons. The first-order valence-corrected chi connectivity index (χ1v) is 7.07. The van der Waals surface area contributed by atoms with Crippen LogP contribution >= 0.6 is 11.6 Å². The summed E-state index contributed by atoms with van der Waals surface area (Å²) in [7, 11) is 2.12. The minimum atomic E-state index is 0.441. The van der Waals surface area contributed by atoms with E-state index in [-0.39, 0.29) is 0 Å². The number of halogens is 1. The van der Waals surface area contributed by atoms with E-state index in [0.717, 1.165) is 23.1 Å². The predicted molar refractivity (Wildman–Crippen MR) is 77.3 cm³/mol. The average Bonchev–Trinajstić information content (AvgIpc) is 2.25. The van der Waals surface area contributed by atoms with Gasteiger partial charge in [0, 0.05) is 25.7 Å². The van der Waals surface area contributed by atoms with Crippen LogP contribution in [0.5, 0.6) is 0 Å². The lowest BCUT2D eigenvalue weighted by Gasteiger charge is -2.35. The molecule has 0 saturated heterocycles. The molecular weight excluding hydrogens is 246 g/mol. The Balaban J connectivity index is 2.09. The first-order valence-electron chi connectivity index (χ1n) is 6.69. The first-order chi connectivity index (χ1) is 8.58. The Morgan fingerprint density at radius 2 is 2.17 bits per heavy atom. The van der Waals surface area contributed by atoms with Gasteiger partial charge in [0.2, 0.25) is 0 Å². The van der Waals surface area contributed by atoms with Gasteiger partial charge in [-0.3, -0.25) is 0 Å². The molecule has 0 aliphatic heterocycles. The fraction of sp³-hybridized carbons (Fsp3) is 0.643. The van der Waals surface area contributed by atoms with Crippen LogP contribution in [-0.2, 0) is 6.54 Å². The smallest absolute Gasteiger partial charge is 0.128 e. The van der Waals surface area contributed by atoms with Crippen molar-refractivity contribution >= 4 is 17.4 Å². The molecule has 100 valence electrons. The summed E-state index contributed by atoms with van der Waals surface area (Å²) in [5, 5.41) is 4.10. The lowest BCUT2D eigenvalue weighted by atomic mass is 9.92. The summed E-state index contributed by atoms with van der Waals surface area (Å²) in [4.78, 5) is 6.96. The van der Waals surface area contributed by atoms with E-state index < -0.39 is 0 Å². The lowest BCUT2D eigenvalue weighted by Crippen LogP contribution is -2.37. The van der Waals surface area contributed by atoms with Gasteiger partial charge in [-0.05, 0) is 31.4 Å². The van der Waals surface area contributed by atoms with E-state index in [1.807, 2.05) is 12.1 Å². The highest BCUT2D eigenvalue weighted by Crippen LogP contribution is 2.28. The number of nitrogens with zero attached hydrogens (tertiary/aromatic N) is 2. The van der Waals surface area contributed by atoms with Crippen LogP contribution in [-0.4, -0.2) is 24.1 Å². The van der Waals surface area contributed by atoms with Gasteiger partial charge in [0.15, 0.2) is 0 Å². The van der Waals surface area contributed by atoms with Crippen LogP contribution < -0.4 is 10.2 Å². The molecule has 0 amide bonds. The van der Waals surface area contributed by atoms with Gasteiger partial charge in [-0.1, -0.05) is 25.4 Å². The van der Waals surface area contributed by atoms with Gasteiger partial charge in [-0.15, -0.1) is 0 Å². The van der Waals surface area contributed by atoms with Gasteiger partial charge >= 0.3 is 0 Å². The largest absolute Gasteiger partial charge is 0.357 e. The third kappa shape index (κ3) is 3.15. The molecule has 1 aliphatic rings. The standard InChI is InChI=1S/C14H22ClN3/c1-10(2)16-9-13-12(15)7-8-14(17-13)18(3)11-5-4-6-11/h7-8,10-11,16H,4-6,9H2,1-3H3. The van der Waals surface area contributed by atoms with Crippen LogP contribution in [0.25, 0.3) is 0 Å². The molecule has 0 unspecified atom stereocenters. The van der Waals surface area contributed by atoms with Crippen molar-refractivity contribution < 1.29 is 0 Å². The maximum Gasteiger partial charge on any atom is 0.128 e. The molecule has 0 aromatic carbocycles. The summed E-state index contributed by atoms with van der Waals surface area (Å²) < 4.78 is 0. The molecule has 0 atom stereocenters. The predicted octanol–water partition coefficient (Wildman–Crippen LogP) is 3.22. The highest BCUT2D eigenvalue weighted by atomic mass is 35.5. The molecule has 1 aromatic rings. The lowest BCUT2D eigenvalue weighted by molar-refractivity contribution is 0.399. The highest BCUT2D eigenvalue weighted by molar-refractivity contribution is 6.31. The Labute approximate surface area is 115 Å². The molecule has 0 bridgehead atoms. The minimum absolute atomic E-state index is 0.441. The monoisotopic (exact) mass is 267 g/mol. The number of pyridine rings is 1. The molecule has 1 saturated carbocycles. The van der Waals surface area contributed by atoms with Crippen molar-refractivity contribution in [3.63, 3.8) is 0 Å². The highest BCUT2D eigenvalue weighted by Gasteiger charge is 2.23. The third-order valence-corrected chi connectivity index (χ3v) is 3.91. The van der Waals surface area contributed by atoms with E-state index >= 15 is 0 Å². The van der Waals surface area contributed by atoms with Gasteiger partial charge in [0.05, 0.1) is 10.7 Å². The molecule has 1 aliphatic carbocycles. The summed E-state index contributed by atoms with van der Waals surface area (Å²) in [5.41, 5.74) is 0.939. The number of aromatic nitrogens is 1. The van der Waals surface area contributed by atoms with Crippen LogP contribution in [0.1, 0.15) is 38.8 Å². The Morgan fingerprint density at radius 3 is 2.72 bits per heavy atom. The zero-order valence-electron chi connectivity index (χ0n) is 11.4. The zero-order valence-corrected chi connectivity index (χ0v) is 12.2. The van der Waals surface area contributed by atoms with Crippen molar-refractivity contribution in [1.82, 2.24) is 10.3 Å². The van der Waals surface area contributed by atoms with Crippen molar-refractivity contribution in [1.29, 1.82) is 0 Å². The molecule has 1 aromatic heterocycles. The first kappa shape index (κ1) is 13.6. The van der Waals surface area contributed by atoms with Crippen LogP contribution in [0.2, 0.25) is 5.02 Å². The maximum absolute atomic E-state index is 6.19. The normalized spacial score (nSPS) is 15.8. The van der Waals surface area contributed by atoms with Crippen molar-refractivity contribution in [3.8, 4) is 0 Å². The molecule has 0 spiro atoms. The second-order valence-corrected chi connectivity index (χ2v) is 5.74. The van der Waals surface area contributed by atoms with Crippen LogP contribution in [0.15, 0.2) is 12.1 Å². The van der Waals surface area contributed by atoms with Crippen molar-refractivity contribution in [3.05, 3.63) is 22.8 Å². The van der Waals surface area contributed by atoms with E-state index in [4.69, 9.17) is 11.6 Å². The summed E-state index contributed by atoms with van der Waals surface area (Å²) in [6.45, 7) is 4.97. The molecule has 1 heterocycles. The Bertz CT molecular complexity index is 402. The number of anilines is 1. The summed E-state index contributed by atoms with van der Waals surface area (Å²) in [5.74, 6) is 1.03. The average molecular weight is 268 g/mol. The van der Waals surface area contributed by atoms with E-state index in [1.54, 1.807) is 0 Å². The third-order valence-electron chi connectivity index (χ3n) is 3.57. The maximum atomic E-state index is 6.19. The summed E-state index contributed by atoms with van der Waals surface area (Å²) in [6, 6.07) is 5.07. The molecule has 1 N–H and O–H groups in total. The second kappa shape index (κ2) is 5.89. The summed E-state index contributed by atoms with van der Waals surface area (Å²) >= 11 is 6.19. The number of hydrogen-bond acceptors (Lipinski definition) is 3. The number of hydrogen-bond donors (Lipinski definition) is 1. The van der Waals surface area contributed by atoms with Gasteiger partial charge in [0.1, 0.15) is 5.82 Å². The van der Waals surface area contributed by atoms with E-state index in [0.29, 0.717) is 12.1 Å². The fourth-order valence-corrected chi connectivity index (χ4v) is 2.23. The SMILES string of the molecule is CC(C)NCc1nc(N(C)C2CCC2)ccc1Cl. The van der Waals surface area contributed by atoms with Crippen LogP contribution in [0.3, 0.4) is 0 Å². The van der Waals surface area contributed by atoms with E-state index in [9.17, 15) is 0 Å². The molecule has 18 heavy (non-hydrogen) atoms. The van der Waals surface area contributed by atoms with Crippen LogP contribution in [0.4, 0.5) is 5.82 Å². The van der Waals surface area contributed by atoms with Gasteiger partial charge in [-0.2, -0.15) is 0 Å². The van der Waals surface area contributed by atoms with E-state index in [1.165, 1.54) is 19.3 Å². The Kier molecular flexibility index (Phi) is 4.46. The van der Waals surface area contributed by atoms with E-state index in [2.05, 4.69) is 36.1 Å². The Morgan fingerprint density at radius 1 is 1.44 bits per heavy atom. The minimum Gasteiger partial charge on any atom is -0.357 e. The topological polar surface area (TPSA) is 28.2 Å². The zero-order chi connectivity index (χ0) is 13.1. The molecular formula is C14H22ClN3. The number of rotatable bonds is 5. The fourth-order valence-electron chi connectivity index (χ4n) is 2.06. The van der Waals surface area contributed by atoms with Crippen LogP contribution in [0, 0.1) is 0 Å². The summed E-state index contributed by atoms with van der Waals surface area (Å²) in [6.07, 6.45) is 3.89. The second-order valence-electron chi connectivity index (χ2n) is 5.33. The van der Waals surface area contributed by atoms with Gasteiger partial charge in [0.25, 0.3) is 0 Å². The molecule has 4 heteroatoms. The molecule has 1 fully saturated rings. The van der Waals surface area contributed by atoms with Gasteiger partial charge < -0.3 is 10.2 Å². The van der Waals surface area contributed by atoms with Crippen molar-refractivity contribution in [2.75, 3.05) is 11.9 Å². The quantitative estimate of drug-likeness (QED) is 0.888. The van der Waals surface area contributed by atoms with Crippen molar-refractivity contribution in [2.24, 2.45) is 0 Å². The molecule has 2 rings (SSSR count). The van der Waals surface area contributed by atoms with Gasteiger partial charge in [-0.25, -0.2) is 4.98 Å². The van der Waals surface area contributed by atoms with Crippen molar-refractivity contribution in [2.45, 2.75) is 51.7 Å². The molecule has 3 nitrogen and oxygen atoms in total. The Hall–Kier alpha value is -0.800.